The lowest BCUT2D eigenvalue weighted by molar-refractivity contribution is 0.0656. The molecule has 2 aliphatic rings. The van der Waals surface area contributed by atoms with E-state index in [2.05, 4.69) is 10.2 Å². The van der Waals surface area contributed by atoms with Crippen LogP contribution < -0.4 is 11.1 Å². The molecule has 64 valence electrons. The molecule has 0 saturated carbocycles. The van der Waals surface area contributed by atoms with Crippen LogP contribution in [0.25, 0.3) is 0 Å². The van der Waals surface area contributed by atoms with Crippen LogP contribution in [0.2, 0.25) is 0 Å². The van der Waals surface area contributed by atoms with Gasteiger partial charge in [-0.2, -0.15) is 0 Å². The second kappa shape index (κ2) is 3.09. The van der Waals surface area contributed by atoms with E-state index in [9.17, 15) is 0 Å². The van der Waals surface area contributed by atoms with Crippen molar-refractivity contribution in [3.8, 4) is 0 Å². The van der Waals surface area contributed by atoms with Crippen molar-refractivity contribution in [3.05, 3.63) is 0 Å². The molecule has 0 aromatic heterocycles. The smallest absolute Gasteiger partial charge is 0.0575 e. The van der Waals surface area contributed by atoms with Crippen molar-refractivity contribution < 1.29 is 0 Å². The molecule has 0 amide bonds. The molecular weight excluding hydrogens is 138 g/mol. The highest BCUT2D eigenvalue weighted by molar-refractivity contribution is 4.86. The highest BCUT2D eigenvalue weighted by Crippen LogP contribution is 2.20. The van der Waals surface area contributed by atoms with E-state index < -0.39 is 0 Å². The van der Waals surface area contributed by atoms with Gasteiger partial charge in [0.05, 0.1) is 6.17 Å². The van der Waals surface area contributed by atoms with Crippen molar-refractivity contribution in [1.29, 1.82) is 0 Å². The molecule has 0 bridgehead atoms. The van der Waals surface area contributed by atoms with E-state index in [4.69, 9.17) is 5.73 Å². The Morgan fingerprint density at radius 1 is 1.36 bits per heavy atom. The molecule has 11 heavy (non-hydrogen) atoms. The molecule has 3 N–H and O–H groups in total. The molecule has 0 aromatic rings. The molecule has 2 unspecified atom stereocenters. The third-order valence-electron chi connectivity index (χ3n) is 2.86. The van der Waals surface area contributed by atoms with E-state index >= 15 is 0 Å². The van der Waals surface area contributed by atoms with Gasteiger partial charge in [0.1, 0.15) is 0 Å². The fourth-order valence-corrected chi connectivity index (χ4v) is 2.21. The molecule has 2 atom stereocenters. The van der Waals surface area contributed by atoms with Gasteiger partial charge in [0, 0.05) is 25.7 Å². The van der Waals surface area contributed by atoms with Crippen molar-refractivity contribution in [2.45, 2.75) is 31.5 Å². The molecule has 0 aliphatic carbocycles. The van der Waals surface area contributed by atoms with E-state index in [-0.39, 0.29) is 0 Å². The highest BCUT2D eigenvalue weighted by Gasteiger charge is 2.29. The molecule has 3 heteroatoms. The zero-order valence-electron chi connectivity index (χ0n) is 6.92. The summed E-state index contributed by atoms with van der Waals surface area (Å²) < 4.78 is 0. The number of nitrogens with one attached hydrogen (secondary N) is 1. The van der Waals surface area contributed by atoms with Gasteiger partial charge in [-0.3, -0.25) is 4.90 Å². The third-order valence-corrected chi connectivity index (χ3v) is 2.86. The van der Waals surface area contributed by atoms with Crippen molar-refractivity contribution in [1.82, 2.24) is 10.2 Å². The first kappa shape index (κ1) is 7.53. The summed E-state index contributed by atoms with van der Waals surface area (Å²) in [5, 5.41) is 3.41. The number of nitrogens with zero attached hydrogens (tertiary/aromatic N) is 1. The first-order valence-corrected chi connectivity index (χ1v) is 4.60. The first-order valence-electron chi connectivity index (χ1n) is 4.60. The number of fused-ring (bicyclic) bond motifs is 1. The van der Waals surface area contributed by atoms with E-state index in [1.165, 1.54) is 19.3 Å². The summed E-state index contributed by atoms with van der Waals surface area (Å²) in [6, 6.07) is 0.729. The lowest BCUT2D eigenvalue weighted by atomic mass is 9.98. The molecule has 0 spiro atoms. The van der Waals surface area contributed by atoms with Crippen LogP contribution in [0, 0.1) is 0 Å². The van der Waals surface area contributed by atoms with Crippen LogP contribution in [0.15, 0.2) is 0 Å². The standard InChI is InChI=1S/C8H17N3/c9-8-3-1-2-7-6-10-4-5-11(7)8/h7-8,10H,1-6,9H2. The first-order chi connectivity index (χ1) is 5.38. The maximum atomic E-state index is 5.99. The number of piperidine rings is 1. The fraction of sp³-hybridized carbons (Fsp3) is 1.00. The van der Waals surface area contributed by atoms with Crippen LogP contribution in [0.4, 0.5) is 0 Å². The van der Waals surface area contributed by atoms with Gasteiger partial charge < -0.3 is 11.1 Å². The summed E-state index contributed by atoms with van der Waals surface area (Å²) in [6.07, 6.45) is 4.18. The number of rotatable bonds is 0. The quantitative estimate of drug-likeness (QED) is 0.506. The molecule has 0 radical (unpaired) electrons. The summed E-state index contributed by atoms with van der Waals surface area (Å²) in [7, 11) is 0. The molecule has 0 aromatic carbocycles. The van der Waals surface area contributed by atoms with E-state index in [1.807, 2.05) is 0 Å². The van der Waals surface area contributed by atoms with Gasteiger partial charge in [0.15, 0.2) is 0 Å². The van der Waals surface area contributed by atoms with Crippen LogP contribution in [0.3, 0.4) is 0 Å². The van der Waals surface area contributed by atoms with Crippen LogP contribution in [0.1, 0.15) is 19.3 Å². The van der Waals surface area contributed by atoms with Crippen molar-refractivity contribution in [2.75, 3.05) is 19.6 Å². The largest absolute Gasteiger partial charge is 0.316 e. The van der Waals surface area contributed by atoms with Crippen LogP contribution in [-0.2, 0) is 0 Å². The fourth-order valence-electron chi connectivity index (χ4n) is 2.21. The second-order valence-corrected chi connectivity index (χ2v) is 3.59. The number of nitrogens with two attached hydrogens (primary N) is 1. The van der Waals surface area contributed by atoms with Crippen molar-refractivity contribution >= 4 is 0 Å². The minimum Gasteiger partial charge on any atom is -0.316 e. The number of piperazine rings is 1. The number of hydrogen-bond donors (Lipinski definition) is 2. The Kier molecular flexibility index (Phi) is 2.11. The van der Waals surface area contributed by atoms with E-state index in [0.717, 1.165) is 25.7 Å². The van der Waals surface area contributed by atoms with Crippen LogP contribution in [0.5, 0.6) is 0 Å². The van der Waals surface area contributed by atoms with Crippen molar-refractivity contribution in [3.63, 3.8) is 0 Å². The lowest BCUT2D eigenvalue weighted by Gasteiger charge is -2.43. The Labute approximate surface area is 67.9 Å². The zero-order chi connectivity index (χ0) is 7.68. The Morgan fingerprint density at radius 3 is 3.09 bits per heavy atom. The average Bonchev–Trinajstić information content (AvgIpc) is 2.06. The van der Waals surface area contributed by atoms with Crippen LogP contribution in [-0.4, -0.2) is 36.7 Å². The molecule has 2 saturated heterocycles. The van der Waals surface area contributed by atoms with Gasteiger partial charge in [-0.05, 0) is 19.3 Å². The molecule has 2 rings (SSSR count). The summed E-state index contributed by atoms with van der Waals surface area (Å²) >= 11 is 0. The van der Waals surface area contributed by atoms with Gasteiger partial charge in [-0.15, -0.1) is 0 Å². The molecule has 2 aliphatic heterocycles. The molecular formula is C8H17N3. The molecule has 2 heterocycles. The predicted octanol–water partition coefficient (Wildman–Crippen LogP) is -0.271. The second-order valence-electron chi connectivity index (χ2n) is 3.59. The average molecular weight is 155 g/mol. The SMILES string of the molecule is NC1CCCC2CNCCN12. The van der Waals surface area contributed by atoms with E-state index in [1.54, 1.807) is 0 Å². The number of hydrogen-bond acceptors (Lipinski definition) is 3. The maximum Gasteiger partial charge on any atom is 0.0575 e. The van der Waals surface area contributed by atoms with Gasteiger partial charge in [-0.25, -0.2) is 0 Å². The van der Waals surface area contributed by atoms with Gasteiger partial charge >= 0.3 is 0 Å². The van der Waals surface area contributed by atoms with Crippen molar-refractivity contribution in [2.24, 2.45) is 5.73 Å². The molecule has 3 nitrogen and oxygen atoms in total. The van der Waals surface area contributed by atoms with Crippen LogP contribution >= 0.6 is 0 Å². The highest BCUT2D eigenvalue weighted by atomic mass is 15.3. The minimum atomic E-state index is 0.343. The summed E-state index contributed by atoms with van der Waals surface area (Å²) in [5.74, 6) is 0. The lowest BCUT2D eigenvalue weighted by Crippen LogP contribution is -2.59. The monoisotopic (exact) mass is 155 g/mol. The summed E-state index contributed by atoms with van der Waals surface area (Å²) in [6.45, 7) is 3.41. The zero-order valence-corrected chi connectivity index (χ0v) is 6.92. The summed E-state index contributed by atoms with van der Waals surface area (Å²) in [5.41, 5.74) is 5.99. The summed E-state index contributed by atoms with van der Waals surface area (Å²) in [4.78, 5) is 2.46. The minimum absolute atomic E-state index is 0.343. The van der Waals surface area contributed by atoms with Gasteiger partial charge in [0.2, 0.25) is 0 Å². The molecule has 2 fully saturated rings. The Balaban J connectivity index is 1.99. The predicted molar refractivity (Wildman–Crippen MR) is 45.2 cm³/mol. The van der Waals surface area contributed by atoms with Gasteiger partial charge in [0.25, 0.3) is 0 Å². The third kappa shape index (κ3) is 1.41. The topological polar surface area (TPSA) is 41.3 Å². The Bertz CT molecular complexity index is 135. The Morgan fingerprint density at radius 2 is 2.27 bits per heavy atom. The maximum absolute atomic E-state index is 5.99. The van der Waals surface area contributed by atoms with Gasteiger partial charge in [-0.1, -0.05) is 0 Å². The van der Waals surface area contributed by atoms with E-state index in [0.29, 0.717) is 6.17 Å². The normalized spacial score (nSPS) is 40.1. The Hall–Kier alpha value is -0.120.